The summed E-state index contributed by atoms with van der Waals surface area (Å²) in [5, 5.41) is 4.64. The van der Waals surface area contributed by atoms with Crippen LogP contribution in [0.2, 0.25) is 0 Å². The van der Waals surface area contributed by atoms with E-state index in [2.05, 4.69) is 5.32 Å². The summed E-state index contributed by atoms with van der Waals surface area (Å²) in [5.74, 6) is -1.87. The summed E-state index contributed by atoms with van der Waals surface area (Å²) < 4.78 is 4.90. The molecule has 1 aliphatic heterocycles. The van der Waals surface area contributed by atoms with Gasteiger partial charge in [0.05, 0.1) is 17.5 Å². The predicted octanol–water partition coefficient (Wildman–Crippen LogP) is 1.64. The zero-order chi connectivity index (χ0) is 19.2. The largest absolute Gasteiger partial charge is 0.456 e. The standard InChI is InChI=1S/C19H18N2O5S/c22-16(20-9-7-13-4-3-11-27-13)12-26-17(23)8-10-21-18(24)14-5-1-2-6-15(14)19(21)25/h1-6,11H,7-10,12H2,(H,20,22). The molecule has 1 N–H and O–H groups in total. The number of ether oxygens (including phenoxy) is 1. The maximum absolute atomic E-state index is 12.2. The monoisotopic (exact) mass is 386 g/mol. The molecule has 27 heavy (non-hydrogen) atoms. The minimum absolute atomic E-state index is 0.0782. The van der Waals surface area contributed by atoms with E-state index in [0.717, 1.165) is 16.2 Å². The molecule has 8 heteroatoms. The molecule has 0 fully saturated rings. The zero-order valence-corrected chi connectivity index (χ0v) is 15.3. The van der Waals surface area contributed by atoms with Crippen LogP contribution in [0.4, 0.5) is 0 Å². The lowest BCUT2D eigenvalue weighted by Crippen LogP contribution is -2.33. The van der Waals surface area contributed by atoms with Crippen LogP contribution in [0.5, 0.6) is 0 Å². The molecule has 0 saturated heterocycles. The van der Waals surface area contributed by atoms with Crippen molar-refractivity contribution in [3.05, 3.63) is 57.8 Å². The molecule has 0 unspecified atom stereocenters. The molecule has 7 nitrogen and oxygen atoms in total. The topological polar surface area (TPSA) is 92.8 Å². The smallest absolute Gasteiger partial charge is 0.308 e. The van der Waals surface area contributed by atoms with Crippen LogP contribution in [-0.2, 0) is 20.7 Å². The summed E-state index contributed by atoms with van der Waals surface area (Å²) in [6, 6.07) is 10.4. The van der Waals surface area contributed by atoms with Gasteiger partial charge in [-0.1, -0.05) is 18.2 Å². The Labute approximate surface area is 159 Å². The number of imide groups is 1. The van der Waals surface area contributed by atoms with Gasteiger partial charge in [-0.2, -0.15) is 0 Å². The Balaban J connectivity index is 1.37. The number of thiophene rings is 1. The maximum atomic E-state index is 12.2. The lowest BCUT2D eigenvalue weighted by atomic mass is 10.1. The van der Waals surface area contributed by atoms with Crippen LogP contribution in [0.3, 0.4) is 0 Å². The molecular formula is C19H18N2O5S. The van der Waals surface area contributed by atoms with E-state index in [1.165, 1.54) is 0 Å². The molecule has 1 aliphatic rings. The zero-order valence-electron chi connectivity index (χ0n) is 14.5. The highest BCUT2D eigenvalue weighted by Crippen LogP contribution is 2.22. The Morgan fingerprint density at radius 2 is 1.74 bits per heavy atom. The minimum atomic E-state index is -0.639. The van der Waals surface area contributed by atoms with Crippen molar-refractivity contribution >= 4 is 35.0 Å². The molecule has 3 rings (SSSR count). The fourth-order valence-corrected chi connectivity index (χ4v) is 3.40. The second-order valence-corrected chi connectivity index (χ2v) is 6.93. The van der Waals surface area contributed by atoms with Crippen molar-refractivity contribution in [2.75, 3.05) is 19.7 Å². The van der Waals surface area contributed by atoms with Crippen molar-refractivity contribution in [2.24, 2.45) is 0 Å². The number of esters is 1. The van der Waals surface area contributed by atoms with E-state index >= 15 is 0 Å². The van der Waals surface area contributed by atoms with E-state index in [1.807, 2.05) is 17.5 Å². The molecule has 3 amide bonds. The third-order valence-electron chi connectivity index (χ3n) is 4.06. The van der Waals surface area contributed by atoms with E-state index in [4.69, 9.17) is 4.74 Å². The molecule has 0 saturated carbocycles. The Kier molecular flexibility index (Phi) is 5.97. The van der Waals surface area contributed by atoms with Gasteiger partial charge in [-0.3, -0.25) is 24.1 Å². The molecule has 1 aromatic heterocycles. The summed E-state index contributed by atoms with van der Waals surface area (Å²) in [4.78, 5) is 50.1. The van der Waals surface area contributed by atoms with Gasteiger partial charge in [-0.25, -0.2) is 0 Å². The first kappa shape index (κ1) is 18.8. The predicted molar refractivity (Wildman–Crippen MR) is 98.4 cm³/mol. The minimum Gasteiger partial charge on any atom is -0.456 e. The number of carbonyl (C=O) groups is 4. The fraction of sp³-hybridized carbons (Fsp3) is 0.263. The number of rotatable bonds is 8. The van der Waals surface area contributed by atoms with Crippen LogP contribution < -0.4 is 5.32 Å². The molecule has 0 bridgehead atoms. The SMILES string of the molecule is O=C(COC(=O)CCN1C(=O)c2ccccc2C1=O)NCCc1cccs1. The van der Waals surface area contributed by atoms with Crippen molar-refractivity contribution in [1.82, 2.24) is 10.2 Å². The van der Waals surface area contributed by atoms with Gasteiger partial charge >= 0.3 is 5.97 Å². The van der Waals surface area contributed by atoms with Crippen LogP contribution in [0, 0.1) is 0 Å². The quantitative estimate of drug-likeness (QED) is 0.550. The summed E-state index contributed by atoms with van der Waals surface area (Å²) in [6.45, 7) is 0.00249. The van der Waals surface area contributed by atoms with Gasteiger partial charge in [0.2, 0.25) is 0 Å². The highest BCUT2D eigenvalue weighted by molar-refractivity contribution is 7.09. The molecule has 1 aromatic carbocycles. The van der Waals surface area contributed by atoms with Crippen LogP contribution in [0.25, 0.3) is 0 Å². The molecule has 140 valence electrons. The Morgan fingerprint density at radius 1 is 1.04 bits per heavy atom. The van der Waals surface area contributed by atoms with Gasteiger partial charge in [0.1, 0.15) is 0 Å². The first-order valence-electron chi connectivity index (χ1n) is 8.46. The van der Waals surface area contributed by atoms with Gasteiger partial charge < -0.3 is 10.1 Å². The van der Waals surface area contributed by atoms with Crippen LogP contribution in [-0.4, -0.2) is 48.3 Å². The van der Waals surface area contributed by atoms with E-state index < -0.39 is 17.8 Å². The van der Waals surface area contributed by atoms with E-state index in [1.54, 1.807) is 35.6 Å². The van der Waals surface area contributed by atoms with Crippen molar-refractivity contribution in [1.29, 1.82) is 0 Å². The summed E-state index contributed by atoms with van der Waals surface area (Å²) in [5.41, 5.74) is 0.668. The second-order valence-electron chi connectivity index (χ2n) is 5.90. The number of nitrogens with zero attached hydrogens (tertiary/aromatic N) is 1. The summed E-state index contributed by atoms with van der Waals surface area (Å²) >= 11 is 1.61. The number of hydrogen-bond acceptors (Lipinski definition) is 6. The van der Waals surface area contributed by atoms with Crippen LogP contribution >= 0.6 is 11.3 Å². The van der Waals surface area contributed by atoms with Crippen molar-refractivity contribution in [2.45, 2.75) is 12.8 Å². The second kappa shape index (κ2) is 8.59. The summed E-state index contributed by atoms with van der Waals surface area (Å²) in [7, 11) is 0. The fourth-order valence-electron chi connectivity index (χ4n) is 2.69. The number of amides is 3. The number of fused-ring (bicyclic) bond motifs is 1. The first-order chi connectivity index (χ1) is 13.1. The first-order valence-corrected chi connectivity index (χ1v) is 9.34. The number of carbonyl (C=O) groups excluding carboxylic acids is 4. The normalized spacial score (nSPS) is 12.8. The molecule has 2 heterocycles. The number of hydrogen-bond donors (Lipinski definition) is 1. The third-order valence-corrected chi connectivity index (χ3v) is 4.99. The van der Waals surface area contributed by atoms with Gasteiger partial charge in [0.25, 0.3) is 17.7 Å². The van der Waals surface area contributed by atoms with Crippen molar-refractivity contribution in [3.8, 4) is 0 Å². The van der Waals surface area contributed by atoms with Gasteiger partial charge in [0.15, 0.2) is 6.61 Å². The number of benzene rings is 1. The van der Waals surface area contributed by atoms with Crippen LogP contribution in [0.15, 0.2) is 41.8 Å². The average Bonchev–Trinajstić information content (AvgIpc) is 3.27. The Hall–Kier alpha value is -3.00. The van der Waals surface area contributed by atoms with Gasteiger partial charge in [-0.05, 0) is 30.0 Å². The Bertz CT molecular complexity index is 828. The lowest BCUT2D eigenvalue weighted by Gasteiger charge is -2.13. The highest BCUT2D eigenvalue weighted by atomic mass is 32.1. The Morgan fingerprint density at radius 3 is 2.37 bits per heavy atom. The maximum Gasteiger partial charge on any atom is 0.308 e. The average molecular weight is 386 g/mol. The van der Waals surface area contributed by atoms with E-state index in [-0.39, 0.29) is 25.5 Å². The van der Waals surface area contributed by atoms with E-state index in [0.29, 0.717) is 17.7 Å². The highest BCUT2D eigenvalue weighted by Gasteiger charge is 2.35. The molecule has 0 aliphatic carbocycles. The molecule has 0 atom stereocenters. The molecule has 0 radical (unpaired) electrons. The molecular weight excluding hydrogens is 368 g/mol. The lowest BCUT2D eigenvalue weighted by molar-refractivity contribution is -0.148. The van der Waals surface area contributed by atoms with Gasteiger partial charge in [-0.15, -0.1) is 11.3 Å². The molecule has 0 spiro atoms. The molecule has 2 aromatic rings. The van der Waals surface area contributed by atoms with Crippen LogP contribution in [0.1, 0.15) is 32.0 Å². The van der Waals surface area contributed by atoms with E-state index in [9.17, 15) is 19.2 Å². The van der Waals surface area contributed by atoms with Crippen molar-refractivity contribution < 1.29 is 23.9 Å². The summed E-state index contributed by atoms with van der Waals surface area (Å²) in [6.07, 6.45) is 0.561. The number of nitrogens with one attached hydrogen (secondary N) is 1. The van der Waals surface area contributed by atoms with Gasteiger partial charge in [0, 0.05) is 18.0 Å². The third kappa shape index (κ3) is 4.59. The van der Waals surface area contributed by atoms with Crippen molar-refractivity contribution in [3.63, 3.8) is 0 Å².